The highest BCUT2D eigenvalue weighted by molar-refractivity contribution is 5.87. The standard InChI is InChI=1S/C12H8F4N2O2/c1-18-10(5-9(17-18)11(19)20)7-4-6(12(14,15)16)2-3-8(7)13/h2-5H,1H3,(H,19,20). The number of hydrogen-bond donors (Lipinski definition) is 1. The normalized spacial score (nSPS) is 11.7. The lowest BCUT2D eigenvalue weighted by molar-refractivity contribution is -0.137. The molecule has 8 heteroatoms. The van der Waals surface area contributed by atoms with E-state index < -0.39 is 23.5 Å². The summed E-state index contributed by atoms with van der Waals surface area (Å²) in [5.41, 5.74) is -1.81. The van der Waals surface area contributed by atoms with E-state index in [-0.39, 0.29) is 17.0 Å². The molecule has 0 bridgehead atoms. The fourth-order valence-electron chi connectivity index (χ4n) is 1.72. The molecule has 20 heavy (non-hydrogen) atoms. The maximum absolute atomic E-state index is 13.7. The zero-order valence-corrected chi connectivity index (χ0v) is 10.1. The lowest BCUT2D eigenvalue weighted by Crippen LogP contribution is -2.06. The summed E-state index contributed by atoms with van der Waals surface area (Å²) < 4.78 is 52.5. The van der Waals surface area contributed by atoms with Gasteiger partial charge in [0.1, 0.15) is 5.82 Å². The van der Waals surface area contributed by atoms with Gasteiger partial charge in [0, 0.05) is 12.6 Å². The van der Waals surface area contributed by atoms with Crippen molar-refractivity contribution in [2.45, 2.75) is 6.18 Å². The quantitative estimate of drug-likeness (QED) is 0.864. The molecule has 0 aliphatic carbocycles. The second-order valence-corrected chi connectivity index (χ2v) is 4.04. The molecular weight excluding hydrogens is 280 g/mol. The molecule has 2 aromatic rings. The summed E-state index contributed by atoms with van der Waals surface area (Å²) in [5.74, 6) is -2.24. The average molecular weight is 288 g/mol. The van der Waals surface area contributed by atoms with Crippen LogP contribution in [0.25, 0.3) is 11.3 Å². The monoisotopic (exact) mass is 288 g/mol. The van der Waals surface area contributed by atoms with Crippen molar-refractivity contribution in [1.82, 2.24) is 9.78 Å². The van der Waals surface area contributed by atoms with Crippen molar-refractivity contribution in [2.75, 3.05) is 0 Å². The first-order valence-corrected chi connectivity index (χ1v) is 5.34. The van der Waals surface area contributed by atoms with Crippen molar-refractivity contribution >= 4 is 5.97 Å². The molecular formula is C12H8F4N2O2. The Hall–Kier alpha value is -2.38. The lowest BCUT2D eigenvalue weighted by atomic mass is 10.1. The van der Waals surface area contributed by atoms with Gasteiger partial charge in [0.2, 0.25) is 0 Å². The molecule has 0 unspecified atom stereocenters. The minimum absolute atomic E-state index is 0.0500. The van der Waals surface area contributed by atoms with Crippen LogP contribution in [0.2, 0.25) is 0 Å². The van der Waals surface area contributed by atoms with E-state index in [0.717, 1.165) is 10.7 Å². The number of nitrogens with zero attached hydrogens (tertiary/aromatic N) is 2. The fourth-order valence-corrected chi connectivity index (χ4v) is 1.72. The van der Waals surface area contributed by atoms with E-state index in [1.807, 2.05) is 0 Å². The van der Waals surface area contributed by atoms with E-state index in [9.17, 15) is 22.4 Å². The van der Waals surface area contributed by atoms with E-state index in [4.69, 9.17) is 5.11 Å². The van der Waals surface area contributed by atoms with Crippen LogP contribution in [0, 0.1) is 5.82 Å². The summed E-state index contributed by atoms with van der Waals surface area (Å²) in [6.07, 6.45) is -4.61. The topological polar surface area (TPSA) is 55.1 Å². The Morgan fingerprint density at radius 3 is 2.45 bits per heavy atom. The highest BCUT2D eigenvalue weighted by atomic mass is 19.4. The van der Waals surface area contributed by atoms with Crippen LogP contribution in [0.4, 0.5) is 17.6 Å². The van der Waals surface area contributed by atoms with Gasteiger partial charge in [0.25, 0.3) is 0 Å². The van der Waals surface area contributed by atoms with Gasteiger partial charge >= 0.3 is 12.1 Å². The second-order valence-electron chi connectivity index (χ2n) is 4.04. The molecule has 1 N–H and O–H groups in total. The van der Waals surface area contributed by atoms with Crippen LogP contribution in [0.1, 0.15) is 16.1 Å². The third-order valence-corrected chi connectivity index (χ3v) is 2.67. The zero-order valence-electron chi connectivity index (χ0n) is 10.1. The Labute approximate surface area is 110 Å². The smallest absolute Gasteiger partial charge is 0.416 e. The molecule has 1 aromatic carbocycles. The number of carboxylic acids is 1. The van der Waals surface area contributed by atoms with Crippen molar-refractivity contribution < 1.29 is 27.5 Å². The number of carbonyl (C=O) groups is 1. The van der Waals surface area contributed by atoms with Gasteiger partial charge in [0.05, 0.1) is 11.3 Å². The van der Waals surface area contributed by atoms with Gasteiger partial charge < -0.3 is 5.11 Å². The Morgan fingerprint density at radius 1 is 1.30 bits per heavy atom. The summed E-state index contributed by atoms with van der Waals surface area (Å²) >= 11 is 0. The van der Waals surface area contributed by atoms with Crippen LogP contribution < -0.4 is 0 Å². The van der Waals surface area contributed by atoms with Gasteiger partial charge in [-0.3, -0.25) is 4.68 Å². The number of aromatic nitrogens is 2. The number of alkyl halides is 3. The summed E-state index contributed by atoms with van der Waals surface area (Å²) in [7, 11) is 1.32. The van der Waals surface area contributed by atoms with Crippen LogP contribution in [0.15, 0.2) is 24.3 Å². The molecule has 0 fully saturated rings. The molecule has 0 saturated heterocycles. The van der Waals surface area contributed by atoms with Gasteiger partial charge in [-0.25, -0.2) is 9.18 Å². The largest absolute Gasteiger partial charge is 0.476 e. The zero-order chi connectivity index (χ0) is 15.1. The number of benzene rings is 1. The number of carboxylic acid groups (broad SMARTS) is 1. The van der Waals surface area contributed by atoms with Crippen LogP contribution in [0.5, 0.6) is 0 Å². The summed E-state index contributed by atoms with van der Waals surface area (Å²) in [6.45, 7) is 0. The molecule has 0 spiro atoms. The molecule has 106 valence electrons. The van der Waals surface area contributed by atoms with E-state index >= 15 is 0 Å². The number of aryl methyl sites for hydroxylation is 1. The number of hydrogen-bond acceptors (Lipinski definition) is 2. The molecule has 0 aliphatic heterocycles. The maximum Gasteiger partial charge on any atom is 0.416 e. The second kappa shape index (κ2) is 4.62. The number of halogens is 4. The third-order valence-electron chi connectivity index (χ3n) is 2.67. The highest BCUT2D eigenvalue weighted by Crippen LogP contribution is 2.33. The Morgan fingerprint density at radius 2 is 1.95 bits per heavy atom. The lowest BCUT2D eigenvalue weighted by Gasteiger charge is -2.09. The Kier molecular flexibility index (Phi) is 3.24. The van der Waals surface area contributed by atoms with E-state index in [0.29, 0.717) is 18.2 Å². The summed E-state index contributed by atoms with van der Waals surface area (Å²) in [4.78, 5) is 10.8. The van der Waals surface area contributed by atoms with E-state index in [2.05, 4.69) is 5.10 Å². The molecule has 0 amide bonds. The molecule has 0 radical (unpaired) electrons. The minimum Gasteiger partial charge on any atom is -0.476 e. The first kappa shape index (κ1) is 14.0. The summed E-state index contributed by atoms with van der Waals surface area (Å²) in [6, 6.07) is 2.94. The van der Waals surface area contributed by atoms with Crippen LogP contribution >= 0.6 is 0 Å². The number of aromatic carboxylic acids is 1. The van der Waals surface area contributed by atoms with Gasteiger partial charge in [-0.1, -0.05) is 0 Å². The molecule has 0 atom stereocenters. The van der Waals surface area contributed by atoms with Crippen molar-refractivity contribution in [2.24, 2.45) is 7.05 Å². The van der Waals surface area contributed by atoms with E-state index in [1.165, 1.54) is 7.05 Å². The Balaban J connectivity index is 2.60. The first-order chi connectivity index (χ1) is 9.20. The maximum atomic E-state index is 13.7. The average Bonchev–Trinajstić information content (AvgIpc) is 2.70. The van der Waals surface area contributed by atoms with Crippen molar-refractivity contribution in [3.63, 3.8) is 0 Å². The minimum atomic E-state index is -4.61. The molecule has 1 heterocycles. The predicted molar refractivity (Wildman–Crippen MR) is 60.6 cm³/mol. The third kappa shape index (κ3) is 2.49. The fraction of sp³-hybridized carbons (Fsp3) is 0.167. The molecule has 0 aliphatic rings. The van der Waals surface area contributed by atoms with Crippen LogP contribution in [0.3, 0.4) is 0 Å². The number of rotatable bonds is 2. The van der Waals surface area contributed by atoms with Crippen LogP contribution in [-0.2, 0) is 13.2 Å². The van der Waals surface area contributed by atoms with Crippen molar-refractivity contribution in [1.29, 1.82) is 0 Å². The Bertz CT molecular complexity index is 677. The van der Waals surface area contributed by atoms with Gasteiger partial charge in [0.15, 0.2) is 5.69 Å². The predicted octanol–water partition coefficient (Wildman–Crippen LogP) is 2.94. The first-order valence-electron chi connectivity index (χ1n) is 5.34. The molecule has 2 rings (SSSR count). The SMILES string of the molecule is Cn1nc(C(=O)O)cc1-c1cc(C(F)(F)F)ccc1F. The van der Waals surface area contributed by atoms with Crippen molar-refractivity contribution in [3.05, 3.63) is 41.3 Å². The van der Waals surface area contributed by atoms with Gasteiger partial charge in [-0.05, 0) is 24.3 Å². The summed E-state index contributed by atoms with van der Waals surface area (Å²) in [5, 5.41) is 12.4. The molecule has 4 nitrogen and oxygen atoms in total. The van der Waals surface area contributed by atoms with Gasteiger partial charge in [-0.2, -0.15) is 18.3 Å². The van der Waals surface area contributed by atoms with Crippen LogP contribution in [-0.4, -0.2) is 20.9 Å². The molecule has 0 saturated carbocycles. The van der Waals surface area contributed by atoms with Crippen molar-refractivity contribution in [3.8, 4) is 11.3 Å². The molecule has 1 aromatic heterocycles. The van der Waals surface area contributed by atoms with Gasteiger partial charge in [-0.15, -0.1) is 0 Å². The highest BCUT2D eigenvalue weighted by Gasteiger charge is 2.31. The van der Waals surface area contributed by atoms with E-state index in [1.54, 1.807) is 0 Å².